The molecule has 3 rings (SSSR count). The summed E-state index contributed by atoms with van der Waals surface area (Å²) in [6.07, 6.45) is 1.77. The lowest BCUT2D eigenvalue weighted by atomic mass is 10.2. The third kappa shape index (κ3) is 2.64. The van der Waals surface area contributed by atoms with Gasteiger partial charge in [0.05, 0.1) is 25.6 Å². The Balaban J connectivity index is 1.85. The zero-order valence-electron chi connectivity index (χ0n) is 14.1. The molecule has 0 spiro atoms. The third-order valence-corrected chi connectivity index (χ3v) is 4.47. The molecule has 24 heavy (non-hydrogen) atoms. The van der Waals surface area contributed by atoms with Crippen molar-refractivity contribution in [1.29, 1.82) is 0 Å². The van der Waals surface area contributed by atoms with Gasteiger partial charge >= 0.3 is 5.69 Å². The highest BCUT2D eigenvalue weighted by Gasteiger charge is 2.23. The minimum absolute atomic E-state index is 0.0225. The zero-order chi connectivity index (χ0) is 17.4. The number of nitrogens with zero attached hydrogens (tertiary/aromatic N) is 5. The van der Waals surface area contributed by atoms with Gasteiger partial charge in [0.15, 0.2) is 11.2 Å². The summed E-state index contributed by atoms with van der Waals surface area (Å²) >= 11 is 0. The van der Waals surface area contributed by atoms with Gasteiger partial charge < -0.3 is 14.2 Å². The molecule has 1 fully saturated rings. The predicted octanol–water partition coefficient (Wildman–Crippen LogP) is -0.929. The van der Waals surface area contributed by atoms with Gasteiger partial charge in [-0.05, 0) is 6.92 Å². The Kier molecular flexibility index (Phi) is 4.27. The fourth-order valence-corrected chi connectivity index (χ4v) is 3.02. The molecule has 130 valence electrons. The van der Waals surface area contributed by atoms with E-state index in [0.29, 0.717) is 37.5 Å². The van der Waals surface area contributed by atoms with Crippen molar-refractivity contribution >= 4 is 17.1 Å². The number of hydrogen-bond acceptors (Lipinski definition) is 5. The van der Waals surface area contributed by atoms with Crippen molar-refractivity contribution in [1.82, 2.24) is 23.6 Å². The summed E-state index contributed by atoms with van der Waals surface area (Å²) in [6.45, 7) is 3.97. The van der Waals surface area contributed by atoms with Crippen molar-refractivity contribution in [3.8, 4) is 0 Å². The highest BCUT2D eigenvalue weighted by atomic mass is 16.5. The average molecular weight is 335 g/mol. The predicted molar refractivity (Wildman–Crippen MR) is 86.8 cm³/mol. The van der Waals surface area contributed by atoms with Crippen LogP contribution in [-0.4, -0.2) is 55.3 Å². The molecule has 1 atom stereocenters. The number of aryl methyl sites for hydroxylation is 2. The van der Waals surface area contributed by atoms with Crippen LogP contribution in [0.5, 0.6) is 0 Å². The molecule has 1 aliphatic rings. The summed E-state index contributed by atoms with van der Waals surface area (Å²) < 4.78 is 9.36. The Bertz CT molecular complexity index is 894. The van der Waals surface area contributed by atoms with Crippen molar-refractivity contribution in [2.24, 2.45) is 14.1 Å². The molecule has 0 bridgehead atoms. The first kappa shape index (κ1) is 16.4. The molecule has 3 heterocycles. The molecule has 0 N–H and O–H groups in total. The lowest BCUT2D eigenvalue weighted by Gasteiger charge is -2.33. The van der Waals surface area contributed by atoms with Crippen LogP contribution in [-0.2, 0) is 30.2 Å². The van der Waals surface area contributed by atoms with Gasteiger partial charge in [0.25, 0.3) is 5.56 Å². The Hall–Kier alpha value is -2.42. The number of carbonyl (C=O) groups is 1. The van der Waals surface area contributed by atoms with Crippen molar-refractivity contribution in [2.75, 3.05) is 19.8 Å². The molecule has 2 aromatic rings. The Morgan fingerprint density at radius 2 is 2.08 bits per heavy atom. The number of rotatable bonds is 3. The van der Waals surface area contributed by atoms with Crippen molar-refractivity contribution in [2.45, 2.75) is 25.9 Å². The molecule has 9 heteroatoms. The minimum Gasteiger partial charge on any atom is -0.377 e. The van der Waals surface area contributed by atoms with Gasteiger partial charge in [0.2, 0.25) is 5.91 Å². The monoisotopic (exact) mass is 335 g/mol. The van der Waals surface area contributed by atoms with Gasteiger partial charge in [-0.25, -0.2) is 9.78 Å². The maximum atomic E-state index is 12.4. The number of carbonyl (C=O) groups excluding carboxylic acids is 1. The lowest BCUT2D eigenvalue weighted by Crippen LogP contribution is -2.47. The third-order valence-electron chi connectivity index (χ3n) is 4.47. The molecular formula is C15H21N5O4. The average Bonchev–Trinajstić information content (AvgIpc) is 3.00. The summed E-state index contributed by atoms with van der Waals surface area (Å²) in [6, 6.07) is 0.0551. The highest BCUT2D eigenvalue weighted by molar-refractivity contribution is 5.77. The maximum absolute atomic E-state index is 12.4. The van der Waals surface area contributed by atoms with E-state index in [1.807, 2.05) is 6.92 Å². The molecule has 2 aromatic heterocycles. The first-order valence-corrected chi connectivity index (χ1v) is 7.90. The molecular weight excluding hydrogens is 314 g/mol. The van der Waals surface area contributed by atoms with Crippen molar-refractivity contribution in [3.05, 3.63) is 27.2 Å². The van der Waals surface area contributed by atoms with E-state index in [9.17, 15) is 14.4 Å². The zero-order valence-corrected chi connectivity index (χ0v) is 14.1. The number of ether oxygens (including phenoxy) is 1. The van der Waals surface area contributed by atoms with Crippen LogP contribution in [0.2, 0.25) is 0 Å². The first-order valence-electron chi connectivity index (χ1n) is 7.90. The van der Waals surface area contributed by atoms with E-state index >= 15 is 0 Å². The van der Waals surface area contributed by atoms with E-state index in [1.54, 1.807) is 16.5 Å². The standard InChI is InChI=1S/C15H21N5O4/c1-10-8-24-7-6-20(10)11(21)4-5-19-9-16-13-12(19)14(22)18(3)15(23)17(13)2/h9-10H,4-8H2,1-3H3/t10-/m0/s1. The number of amides is 1. The van der Waals surface area contributed by atoms with E-state index < -0.39 is 11.2 Å². The van der Waals surface area contributed by atoms with Crippen molar-refractivity contribution in [3.63, 3.8) is 0 Å². The molecule has 0 aromatic carbocycles. The molecule has 0 saturated carbocycles. The normalized spacial score (nSPS) is 18.3. The van der Waals surface area contributed by atoms with Gasteiger partial charge in [-0.1, -0.05) is 0 Å². The van der Waals surface area contributed by atoms with Crippen LogP contribution in [0, 0.1) is 0 Å². The summed E-state index contributed by atoms with van der Waals surface area (Å²) in [4.78, 5) is 42.7. The fraction of sp³-hybridized carbons (Fsp3) is 0.600. The van der Waals surface area contributed by atoms with Gasteiger partial charge in [0.1, 0.15) is 0 Å². The molecule has 9 nitrogen and oxygen atoms in total. The molecule has 0 radical (unpaired) electrons. The Morgan fingerprint density at radius 1 is 1.33 bits per heavy atom. The maximum Gasteiger partial charge on any atom is 0.332 e. The molecule has 1 amide bonds. The molecule has 1 aliphatic heterocycles. The van der Waals surface area contributed by atoms with Crippen LogP contribution in [0.4, 0.5) is 0 Å². The van der Waals surface area contributed by atoms with E-state index in [-0.39, 0.29) is 18.4 Å². The Labute approximate surface area is 138 Å². The fourth-order valence-electron chi connectivity index (χ4n) is 3.02. The number of morpholine rings is 1. The largest absolute Gasteiger partial charge is 0.377 e. The SMILES string of the molecule is C[C@H]1COCCN1C(=O)CCn1cnc2c1c(=O)n(C)c(=O)n2C. The van der Waals surface area contributed by atoms with E-state index in [0.717, 1.165) is 4.57 Å². The number of imidazole rings is 1. The summed E-state index contributed by atoms with van der Waals surface area (Å²) in [5.41, 5.74) is -0.161. The minimum atomic E-state index is -0.420. The molecule has 0 aliphatic carbocycles. The number of hydrogen-bond donors (Lipinski definition) is 0. The Morgan fingerprint density at radius 3 is 2.79 bits per heavy atom. The van der Waals surface area contributed by atoms with E-state index in [2.05, 4.69) is 4.98 Å². The second kappa shape index (κ2) is 6.23. The summed E-state index contributed by atoms with van der Waals surface area (Å²) in [5, 5.41) is 0. The highest BCUT2D eigenvalue weighted by Crippen LogP contribution is 2.11. The number of fused-ring (bicyclic) bond motifs is 1. The number of aromatic nitrogens is 4. The van der Waals surface area contributed by atoms with Gasteiger partial charge in [-0.2, -0.15) is 0 Å². The van der Waals surface area contributed by atoms with E-state index in [4.69, 9.17) is 4.74 Å². The van der Waals surface area contributed by atoms with Crippen LogP contribution in [0.1, 0.15) is 13.3 Å². The molecule has 1 saturated heterocycles. The van der Waals surface area contributed by atoms with Crippen LogP contribution in [0.3, 0.4) is 0 Å². The van der Waals surface area contributed by atoms with Gasteiger partial charge in [-0.3, -0.25) is 18.7 Å². The second-order valence-corrected chi connectivity index (χ2v) is 6.08. The van der Waals surface area contributed by atoms with Gasteiger partial charge in [0, 0.05) is 33.6 Å². The van der Waals surface area contributed by atoms with Crippen LogP contribution in [0.25, 0.3) is 11.2 Å². The topological polar surface area (TPSA) is 91.4 Å². The molecule has 0 unspecified atom stereocenters. The smallest absolute Gasteiger partial charge is 0.332 e. The van der Waals surface area contributed by atoms with Crippen LogP contribution in [0.15, 0.2) is 15.9 Å². The lowest BCUT2D eigenvalue weighted by molar-refractivity contribution is -0.139. The van der Waals surface area contributed by atoms with Crippen LogP contribution >= 0.6 is 0 Å². The van der Waals surface area contributed by atoms with Crippen molar-refractivity contribution < 1.29 is 9.53 Å². The van der Waals surface area contributed by atoms with Crippen LogP contribution < -0.4 is 11.2 Å². The first-order chi connectivity index (χ1) is 11.4. The van der Waals surface area contributed by atoms with Gasteiger partial charge in [-0.15, -0.1) is 0 Å². The summed E-state index contributed by atoms with van der Waals surface area (Å²) in [5.74, 6) is 0.0225. The quantitative estimate of drug-likeness (QED) is 0.723. The second-order valence-electron chi connectivity index (χ2n) is 6.08. The van der Waals surface area contributed by atoms with E-state index in [1.165, 1.54) is 17.9 Å². The summed E-state index contributed by atoms with van der Waals surface area (Å²) in [7, 11) is 3.00.